The Morgan fingerprint density at radius 2 is 2.04 bits per heavy atom. The van der Waals surface area contributed by atoms with Gasteiger partial charge in [0.25, 0.3) is 0 Å². The van der Waals surface area contributed by atoms with Gasteiger partial charge in [-0.3, -0.25) is 4.90 Å². The SMILES string of the molecule is C=C(C)N(C)c1cnn(C(=O)N2CCN(Cc3cccc(F)c3)CC2)c1. The molecule has 0 aliphatic carbocycles. The van der Waals surface area contributed by atoms with Crippen LogP contribution >= 0.6 is 0 Å². The Hall–Kier alpha value is -2.67. The Morgan fingerprint density at radius 3 is 2.69 bits per heavy atom. The Bertz CT molecular complexity index is 795. The van der Waals surface area contributed by atoms with Crippen molar-refractivity contribution < 1.29 is 9.18 Å². The number of allylic oxidation sites excluding steroid dienone is 1. The van der Waals surface area contributed by atoms with Crippen molar-refractivity contribution in [3.05, 3.63) is 60.3 Å². The first-order chi connectivity index (χ1) is 12.4. The van der Waals surface area contributed by atoms with Crippen LogP contribution in [0, 0.1) is 5.82 Å². The fourth-order valence-electron chi connectivity index (χ4n) is 2.95. The molecule has 0 radical (unpaired) electrons. The number of piperazine rings is 1. The third-order valence-corrected chi connectivity index (χ3v) is 4.66. The average Bonchev–Trinajstić information content (AvgIpc) is 3.11. The molecule has 1 saturated heterocycles. The molecule has 1 fully saturated rings. The highest BCUT2D eigenvalue weighted by Crippen LogP contribution is 2.16. The highest BCUT2D eigenvalue weighted by molar-refractivity contribution is 5.77. The van der Waals surface area contributed by atoms with E-state index in [9.17, 15) is 9.18 Å². The number of carbonyl (C=O) groups excluding carboxylic acids is 1. The van der Waals surface area contributed by atoms with Crippen molar-refractivity contribution in [1.29, 1.82) is 0 Å². The van der Waals surface area contributed by atoms with Gasteiger partial charge in [-0.1, -0.05) is 18.7 Å². The summed E-state index contributed by atoms with van der Waals surface area (Å²) in [7, 11) is 1.89. The number of nitrogens with zero attached hydrogens (tertiary/aromatic N) is 5. The molecule has 6 nitrogen and oxygen atoms in total. The first kappa shape index (κ1) is 18.1. The molecule has 1 amide bonds. The molecule has 1 aliphatic rings. The van der Waals surface area contributed by atoms with Crippen LogP contribution in [0.25, 0.3) is 0 Å². The monoisotopic (exact) mass is 357 g/mol. The Balaban J connectivity index is 1.56. The zero-order valence-corrected chi connectivity index (χ0v) is 15.2. The number of amides is 1. The van der Waals surface area contributed by atoms with E-state index in [2.05, 4.69) is 16.6 Å². The van der Waals surface area contributed by atoms with Gasteiger partial charge < -0.3 is 9.80 Å². The van der Waals surface area contributed by atoms with E-state index in [1.54, 1.807) is 29.4 Å². The van der Waals surface area contributed by atoms with Crippen LogP contribution in [0.2, 0.25) is 0 Å². The lowest BCUT2D eigenvalue weighted by Crippen LogP contribution is -2.49. The summed E-state index contributed by atoms with van der Waals surface area (Å²) in [4.78, 5) is 18.5. The zero-order chi connectivity index (χ0) is 18.7. The van der Waals surface area contributed by atoms with E-state index in [1.165, 1.54) is 10.7 Å². The lowest BCUT2D eigenvalue weighted by atomic mass is 10.2. The molecule has 0 N–H and O–H groups in total. The highest BCUT2D eigenvalue weighted by atomic mass is 19.1. The maximum Gasteiger partial charge on any atom is 0.344 e. The van der Waals surface area contributed by atoms with Crippen molar-refractivity contribution >= 4 is 11.7 Å². The molecule has 138 valence electrons. The molecular formula is C19H24FN5O. The molecule has 0 bridgehead atoms. The van der Waals surface area contributed by atoms with Crippen molar-refractivity contribution in [3.8, 4) is 0 Å². The number of rotatable bonds is 4. The summed E-state index contributed by atoms with van der Waals surface area (Å²) in [6, 6.07) is 6.52. The van der Waals surface area contributed by atoms with Crippen LogP contribution in [0.5, 0.6) is 0 Å². The lowest BCUT2D eigenvalue weighted by molar-refractivity contribution is 0.134. The Morgan fingerprint density at radius 1 is 1.31 bits per heavy atom. The van der Waals surface area contributed by atoms with Crippen molar-refractivity contribution in [3.63, 3.8) is 0 Å². The second kappa shape index (κ2) is 7.70. The van der Waals surface area contributed by atoms with Crippen LogP contribution in [0.4, 0.5) is 14.9 Å². The summed E-state index contributed by atoms with van der Waals surface area (Å²) in [6.45, 7) is 9.23. The van der Waals surface area contributed by atoms with E-state index in [0.29, 0.717) is 19.6 Å². The number of hydrogen-bond donors (Lipinski definition) is 0. The van der Waals surface area contributed by atoms with E-state index in [-0.39, 0.29) is 11.8 Å². The van der Waals surface area contributed by atoms with Gasteiger partial charge in [0, 0.05) is 45.5 Å². The van der Waals surface area contributed by atoms with Crippen molar-refractivity contribution in [2.24, 2.45) is 0 Å². The second-order valence-electron chi connectivity index (χ2n) is 6.61. The molecule has 2 heterocycles. The fourth-order valence-corrected chi connectivity index (χ4v) is 2.95. The highest BCUT2D eigenvalue weighted by Gasteiger charge is 2.23. The molecule has 0 atom stereocenters. The quantitative estimate of drug-likeness (QED) is 0.844. The van der Waals surface area contributed by atoms with Gasteiger partial charge in [0.2, 0.25) is 0 Å². The van der Waals surface area contributed by atoms with Gasteiger partial charge in [0.1, 0.15) is 5.82 Å². The van der Waals surface area contributed by atoms with Crippen molar-refractivity contribution in [1.82, 2.24) is 19.6 Å². The lowest BCUT2D eigenvalue weighted by Gasteiger charge is -2.34. The van der Waals surface area contributed by atoms with Crippen LogP contribution in [0.15, 0.2) is 48.9 Å². The van der Waals surface area contributed by atoms with E-state index in [1.807, 2.05) is 24.9 Å². The number of benzene rings is 1. The van der Waals surface area contributed by atoms with Gasteiger partial charge >= 0.3 is 6.03 Å². The standard InChI is InChI=1S/C19H24FN5O/c1-15(2)22(3)18-12-21-25(14-18)19(26)24-9-7-23(8-10-24)13-16-5-4-6-17(20)11-16/h4-6,11-12,14H,1,7-10,13H2,2-3H3. The summed E-state index contributed by atoms with van der Waals surface area (Å²) < 4.78 is 14.7. The summed E-state index contributed by atoms with van der Waals surface area (Å²) in [5.41, 5.74) is 2.66. The smallest absolute Gasteiger partial charge is 0.344 e. The van der Waals surface area contributed by atoms with Crippen LogP contribution < -0.4 is 4.90 Å². The second-order valence-corrected chi connectivity index (χ2v) is 6.61. The summed E-state index contributed by atoms with van der Waals surface area (Å²) in [5, 5.41) is 4.18. The molecule has 7 heteroatoms. The number of hydrogen-bond acceptors (Lipinski definition) is 4. The fraction of sp³-hybridized carbons (Fsp3) is 0.368. The van der Waals surface area contributed by atoms with E-state index < -0.39 is 0 Å². The van der Waals surface area contributed by atoms with Gasteiger partial charge in [0.05, 0.1) is 18.1 Å². The van der Waals surface area contributed by atoms with E-state index >= 15 is 0 Å². The van der Waals surface area contributed by atoms with Crippen LogP contribution in [0.1, 0.15) is 12.5 Å². The number of carbonyl (C=O) groups is 1. The zero-order valence-electron chi connectivity index (χ0n) is 15.2. The van der Waals surface area contributed by atoms with Crippen LogP contribution in [-0.4, -0.2) is 58.8 Å². The number of anilines is 1. The predicted octanol–water partition coefficient (Wildman–Crippen LogP) is 2.78. The molecule has 2 aromatic rings. The third kappa shape index (κ3) is 4.11. The first-order valence-electron chi connectivity index (χ1n) is 8.64. The van der Waals surface area contributed by atoms with E-state index in [4.69, 9.17) is 0 Å². The van der Waals surface area contributed by atoms with Gasteiger partial charge in [-0.25, -0.2) is 9.18 Å². The molecule has 3 rings (SSSR count). The van der Waals surface area contributed by atoms with Crippen LogP contribution in [0.3, 0.4) is 0 Å². The van der Waals surface area contributed by atoms with Gasteiger partial charge in [-0.15, -0.1) is 0 Å². The summed E-state index contributed by atoms with van der Waals surface area (Å²) in [6.07, 6.45) is 3.38. The van der Waals surface area contributed by atoms with Gasteiger partial charge in [-0.05, 0) is 24.6 Å². The van der Waals surface area contributed by atoms with E-state index in [0.717, 1.165) is 30.0 Å². The molecular weight excluding hydrogens is 333 g/mol. The molecule has 26 heavy (non-hydrogen) atoms. The van der Waals surface area contributed by atoms with Crippen LogP contribution in [-0.2, 0) is 6.54 Å². The van der Waals surface area contributed by atoms with Crippen molar-refractivity contribution in [2.75, 3.05) is 38.1 Å². The average molecular weight is 357 g/mol. The number of halogens is 1. The maximum absolute atomic E-state index is 13.3. The minimum absolute atomic E-state index is 0.128. The largest absolute Gasteiger partial charge is 0.347 e. The molecule has 0 saturated carbocycles. The summed E-state index contributed by atoms with van der Waals surface area (Å²) >= 11 is 0. The summed E-state index contributed by atoms with van der Waals surface area (Å²) in [5.74, 6) is -0.217. The van der Waals surface area contributed by atoms with Gasteiger partial charge in [-0.2, -0.15) is 9.78 Å². The molecule has 0 unspecified atom stereocenters. The Labute approximate surface area is 153 Å². The Kier molecular flexibility index (Phi) is 5.37. The molecule has 1 aromatic heterocycles. The number of aromatic nitrogens is 2. The molecule has 0 spiro atoms. The third-order valence-electron chi connectivity index (χ3n) is 4.66. The topological polar surface area (TPSA) is 44.6 Å². The maximum atomic E-state index is 13.3. The van der Waals surface area contributed by atoms with Crippen molar-refractivity contribution in [2.45, 2.75) is 13.5 Å². The minimum atomic E-state index is -0.217. The molecule has 1 aliphatic heterocycles. The predicted molar refractivity (Wildman–Crippen MR) is 99.5 cm³/mol. The van der Waals surface area contributed by atoms with Gasteiger partial charge in [0.15, 0.2) is 0 Å². The normalized spacial score (nSPS) is 15.1. The minimum Gasteiger partial charge on any atom is -0.347 e. The first-order valence-corrected chi connectivity index (χ1v) is 8.64. The molecule has 1 aromatic carbocycles.